The molecule has 12 nitrogen and oxygen atoms in total. The molecule has 0 aromatic heterocycles. The Morgan fingerprint density at radius 1 is 0.796 bits per heavy atom. The van der Waals surface area contributed by atoms with E-state index in [0.29, 0.717) is 29.5 Å². The standard InChI is InChI=1S/C37H40N6O6/c1-5-42(6-2)29-16-14-28(15-17-29)40-37(39-26(3)44)35(41-43(36(37)46)30-10-8-7-9-11-30)38-34(45)27-12-18-32(19-13-27)48-24-25-49-33-22-20-31(47-4)21-23-33/h7-23,40H,5-6,24-25H2,1-4H3,(H,39,44)(H,38,41,45). The van der Waals surface area contributed by atoms with E-state index in [1.54, 1.807) is 55.6 Å². The number of hydrogen-bond acceptors (Lipinski definition) is 9. The van der Waals surface area contributed by atoms with Crippen LogP contribution < -0.4 is 40.1 Å². The number of rotatable bonds is 14. The highest BCUT2D eigenvalue weighted by Gasteiger charge is 2.54. The largest absolute Gasteiger partial charge is 0.497 e. The first-order valence-corrected chi connectivity index (χ1v) is 16.0. The second kappa shape index (κ2) is 15.7. The Hall–Kier alpha value is -6.04. The first-order valence-electron chi connectivity index (χ1n) is 16.0. The number of carbonyl (C=O) groups is 3. The second-order valence-corrected chi connectivity index (χ2v) is 11.0. The average molecular weight is 665 g/mol. The molecule has 1 unspecified atom stereocenters. The Balaban J connectivity index is 1.33. The van der Waals surface area contributed by atoms with Gasteiger partial charge in [0, 0.05) is 37.0 Å². The summed E-state index contributed by atoms with van der Waals surface area (Å²) in [4.78, 5) is 42.6. The van der Waals surface area contributed by atoms with Gasteiger partial charge in [0.1, 0.15) is 30.5 Å². The van der Waals surface area contributed by atoms with Crippen LogP contribution in [-0.4, -0.2) is 62.6 Å². The van der Waals surface area contributed by atoms with Crippen LogP contribution in [0.5, 0.6) is 17.2 Å². The van der Waals surface area contributed by atoms with E-state index in [0.717, 1.165) is 29.5 Å². The number of hydrogen-bond donors (Lipinski definition) is 3. The van der Waals surface area contributed by atoms with Gasteiger partial charge in [0.05, 0.1) is 12.8 Å². The van der Waals surface area contributed by atoms with Crippen molar-refractivity contribution in [2.75, 3.05) is 48.6 Å². The summed E-state index contributed by atoms with van der Waals surface area (Å²) in [6.45, 7) is 7.71. The van der Waals surface area contributed by atoms with Gasteiger partial charge >= 0.3 is 5.91 Å². The number of benzene rings is 4. The van der Waals surface area contributed by atoms with Gasteiger partial charge in [0.15, 0.2) is 5.84 Å². The van der Waals surface area contributed by atoms with E-state index in [2.05, 4.69) is 39.8 Å². The SMILES string of the molecule is CCN(CC)c1ccc(NC2(NC(C)=O)C(=O)N(c3ccccc3)N=C2NC(=O)c2ccc(OCCOc3ccc(OC)cc3)cc2)cc1. The Kier molecular flexibility index (Phi) is 11.0. The summed E-state index contributed by atoms with van der Waals surface area (Å²) in [5.74, 6) is 0.241. The van der Waals surface area contributed by atoms with Crippen LogP contribution >= 0.6 is 0 Å². The van der Waals surface area contributed by atoms with Crippen molar-refractivity contribution in [3.63, 3.8) is 0 Å². The maximum atomic E-state index is 14.2. The highest BCUT2D eigenvalue weighted by molar-refractivity contribution is 6.28. The van der Waals surface area contributed by atoms with Gasteiger partial charge in [-0.25, -0.2) is 0 Å². The third kappa shape index (κ3) is 8.10. The molecule has 0 fully saturated rings. The molecule has 0 aliphatic carbocycles. The monoisotopic (exact) mass is 664 g/mol. The Bertz CT molecular complexity index is 1760. The van der Waals surface area contributed by atoms with Crippen LogP contribution in [0.15, 0.2) is 108 Å². The van der Waals surface area contributed by atoms with Crippen molar-refractivity contribution in [2.45, 2.75) is 26.4 Å². The lowest BCUT2D eigenvalue weighted by molar-refractivity contribution is -0.127. The molecule has 1 atom stereocenters. The minimum Gasteiger partial charge on any atom is -0.497 e. The zero-order chi connectivity index (χ0) is 34.8. The molecule has 0 saturated heterocycles. The highest BCUT2D eigenvalue weighted by atomic mass is 16.5. The van der Waals surface area contributed by atoms with Crippen molar-refractivity contribution in [2.24, 2.45) is 5.10 Å². The number of ether oxygens (including phenoxy) is 3. The minimum atomic E-state index is -1.92. The molecule has 254 valence electrons. The number of methoxy groups -OCH3 is 1. The summed E-state index contributed by atoms with van der Waals surface area (Å²) in [7, 11) is 1.60. The van der Waals surface area contributed by atoms with E-state index in [9.17, 15) is 14.4 Å². The van der Waals surface area contributed by atoms with Crippen LogP contribution in [0, 0.1) is 0 Å². The third-order valence-electron chi connectivity index (χ3n) is 7.79. The average Bonchev–Trinajstić information content (AvgIpc) is 3.37. The normalized spacial score (nSPS) is 15.2. The van der Waals surface area contributed by atoms with E-state index in [1.807, 2.05) is 54.6 Å². The van der Waals surface area contributed by atoms with Crippen molar-refractivity contribution in [3.8, 4) is 17.2 Å². The smallest absolute Gasteiger partial charge is 0.302 e. The van der Waals surface area contributed by atoms with Gasteiger partial charge in [0.2, 0.25) is 5.91 Å². The molecule has 0 radical (unpaired) electrons. The first-order chi connectivity index (χ1) is 23.8. The summed E-state index contributed by atoms with van der Waals surface area (Å²) in [6, 6.07) is 30.0. The zero-order valence-corrected chi connectivity index (χ0v) is 27.9. The van der Waals surface area contributed by atoms with Crippen LogP contribution in [0.2, 0.25) is 0 Å². The highest BCUT2D eigenvalue weighted by Crippen LogP contribution is 2.29. The lowest BCUT2D eigenvalue weighted by atomic mass is 10.1. The van der Waals surface area contributed by atoms with Crippen molar-refractivity contribution >= 4 is 40.6 Å². The predicted molar refractivity (Wildman–Crippen MR) is 189 cm³/mol. The quantitative estimate of drug-likeness (QED) is 0.126. The fourth-order valence-corrected chi connectivity index (χ4v) is 5.30. The number of amidine groups is 1. The number of amides is 3. The molecule has 1 aliphatic heterocycles. The summed E-state index contributed by atoms with van der Waals surface area (Å²) in [6.07, 6.45) is 0. The second-order valence-electron chi connectivity index (χ2n) is 11.0. The van der Waals surface area contributed by atoms with Crippen LogP contribution in [0.25, 0.3) is 0 Å². The molecular weight excluding hydrogens is 624 g/mol. The van der Waals surface area contributed by atoms with Crippen LogP contribution in [0.1, 0.15) is 31.1 Å². The lowest BCUT2D eigenvalue weighted by Gasteiger charge is -2.31. The molecule has 0 bridgehead atoms. The fourth-order valence-electron chi connectivity index (χ4n) is 5.30. The summed E-state index contributed by atoms with van der Waals surface area (Å²) >= 11 is 0. The van der Waals surface area contributed by atoms with Gasteiger partial charge < -0.3 is 35.1 Å². The number of hydrazone groups is 1. The van der Waals surface area contributed by atoms with E-state index in [4.69, 9.17) is 14.2 Å². The zero-order valence-electron chi connectivity index (χ0n) is 27.9. The maximum Gasteiger partial charge on any atom is 0.302 e. The molecule has 4 aromatic carbocycles. The molecule has 0 spiro atoms. The van der Waals surface area contributed by atoms with Crippen molar-refractivity contribution in [1.29, 1.82) is 0 Å². The topological polar surface area (TPSA) is 134 Å². The van der Waals surface area contributed by atoms with Gasteiger partial charge in [-0.3, -0.25) is 14.4 Å². The van der Waals surface area contributed by atoms with Gasteiger partial charge in [-0.1, -0.05) is 18.2 Å². The van der Waals surface area contributed by atoms with Gasteiger partial charge in [0.25, 0.3) is 11.6 Å². The fraction of sp³-hybridized carbons (Fsp3) is 0.243. The molecule has 4 aromatic rings. The molecule has 3 amide bonds. The number of para-hydroxylation sites is 1. The van der Waals surface area contributed by atoms with E-state index >= 15 is 0 Å². The van der Waals surface area contributed by atoms with Gasteiger partial charge in [-0.05, 0) is 98.8 Å². The Morgan fingerprint density at radius 3 is 1.92 bits per heavy atom. The van der Waals surface area contributed by atoms with E-state index in [1.165, 1.54) is 6.92 Å². The molecule has 49 heavy (non-hydrogen) atoms. The van der Waals surface area contributed by atoms with Crippen LogP contribution in [0.4, 0.5) is 17.1 Å². The van der Waals surface area contributed by atoms with Crippen LogP contribution in [-0.2, 0) is 9.59 Å². The van der Waals surface area contributed by atoms with E-state index in [-0.39, 0.29) is 18.0 Å². The molecular formula is C37H40N6O6. The van der Waals surface area contributed by atoms with Gasteiger partial charge in [-0.15, -0.1) is 5.10 Å². The van der Waals surface area contributed by atoms with Crippen molar-refractivity contribution < 1.29 is 28.6 Å². The minimum absolute atomic E-state index is 0.0922. The number of anilines is 3. The molecule has 1 aliphatic rings. The van der Waals surface area contributed by atoms with E-state index < -0.39 is 23.4 Å². The number of nitrogens with one attached hydrogen (secondary N) is 3. The summed E-state index contributed by atoms with van der Waals surface area (Å²) in [5.41, 5.74) is 0.374. The number of nitrogens with zero attached hydrogens (tertiary/aromatic N) is 3. The molecule has 5 rings (SSSR count). The molecule has 1 heterocycles. The predicted octanol–water partition coefficient (Wildman–Crippen LogP) is 5.03. The first kappa shape index (κ1) is 34.3. The summed E-state index contributed by atoms with van der Waals surface area (Å²) < 4.78 is 16.6. The Labute approximate surface area is 285 Å². The van der Waals surface area contributed by atoms with Gasteiger partial charge in [-0.2, -0.15) is 5.01 Å². The third-order valence-corrected chi connectivity index (χ3v) is 7.79. The molecule has 3 N–H and O–H groups in total. The van der Waals surface area contributed by atoms with Crippen molar-refractivity contribution in [1.82, 2.24) is 10.6 Å². The maximum absolute atomic E-state index is 14.2. The van der Waals surface area contributed by atoms with Crippen LogP contribution in [0.3, 0.4) is 0 Å². The summed E-state index contributed by atoms with van der Waals surface area (Å²) in [5, 5.41) is 14.4. The van der Waals surface area contributed by atoms with Crippen molar-refractivity contribution in [3.05, 3.63) is 109 Å². The molecule has 0 saturated carbocycles. The number of carbonyl (C=O) groups excluding carboxylic acids is 3. The lowest BCUT2D eigenvalue weighted by Crippen LogP contribution is -2.67. The molecule has 12 heteroatoms. The Morgan fingerprint density at radius 2 is 1.37 bits per heavy atom.